The van der Waals surface area contributed by atoms with Gasteiger partial charge in [0.2, 0.25) is 5.88 Å². The van der Waals surface area contributed by atoms with Gasteiger partial charge >= 0.3 is 12.1 Å². The predicted molar refractivity (Wildman–Crippen MR) is 109 cm³/mol. The number of alkyl halides is 3. The molecule has 2 aliphatic heterocycles. The second-order valence-electron chi connectivity index (χ2n) is 7.39. The number of rotatable bonds is 5. The molecule has 2 saturated heterocycles. The Hall–Kier alpha value is -2.85. The number of para-hydroxylation sites is 1. The van der Waals surface area contributed by atoms with Crippen molar-refractivity contribution in [2.45, 2.75) is 43.8 Å². The number of methoxy groups -OCH3 is 1. The number of piperidine rings is 1. The molecule has 1 aromatic heterocycles. The van der Waals surface area contributed by atoms with Gasteiger partial charge in [-0.1, -0.05) is 24.3 Å². The van der Waals surface area contributed by atoms with Crippen LogP contribution in [0.1, 0.15) is 18.4 Å². The standard InChI is InChI=1S/C20H24N2O3.C2HF3O2/c1-23-17-7-3-2-6-15(17)14-22-12-9-18(20-16(22)10-13-24-20)25-19-8-4-5-11-21-19;3-2(4,5)1(6)7/h2-8,11,16,18,20H,9-10,12-14H2,1H3;(H,6,7)/t16-,18+,20-;/m0./s1. The fraction of sp³-hybridized carbons (Fsp3) is 0.455. The SMILES string of the molecule is COc1ccccc1CN1CC[C@@H](Oc2ccccn2)[C@H]2OCC[C@@H]21.O=C(O)C(F)(F)F. The average Bonchev–Trinajstić information content (AvgIpc) is 3.27. The molecule has 3 heterocycles. The zero-order valence-electron chi connectivity index (χ0n) is 17.5. The van der Waals surface area contributed by atoms with Crippen LogP contribution in [-0.4, -0.2) is 65.6 Å². The summed E-state index contributed by atoms with van der Waals surface area (Å²) >= 11 is 0. The van der Waals surface area contributed by atoms with Gasteiger partial charge in [-0.15, -0.1) is 0 Å². The Morgan fingerprint density at radius 3 is 2.59 bits per heavy atom. The summed E-state index contributed by atoms with van der Waals surface area (Å²) in [5, 5.41) is 7.12. The van der Waals surface area contributed by atoms with Crippen molar-refractivity contribution in [1.29, 1.82) is 0 Å². The number of hydrogen-bond donors (Lipinski definition) is 1. The molecular formula is C22H25F3N2O5. The second kappa shape index (κ2) is 10.6. The minimum Gasteiger partial charge on any atom is -0.496 e. The van der Waals surface area contributed by atoms with Crippen LogP contribution in [-0.2, 0) is 16.1 Å². The van der Waals surface area contributed by atoms with Crippen molar-refractivity contribution in [2.24, 2.45) is 0 Å². The van der Waals surface area contributed by atoms with Crippen molar-refractivity contribution >= 4 is 5.97 Å². The maximum absolute atomic E-state index is 10.6. The molecule has 3 atom stereocenters. The van der Waals surface area contributed by atoms with Gasteiger partial charge in [0.05, 0.1) is 7.11 Å². The first-order valence-corrected chi connectivity index (χ1v) is 10.1. The number of benzene rings is 1. The maximum Gasteiger partial charge on any atom is 0.490 e. The first-order chi connectivity index (χ1) is 15.3. The van der Waals surface area contributed by atoms with Gasteiger partial charge in [-0.2, -0.15) is 13.2 Å². The molecule has 0 aliphatic carbocycles. The molecule has 2 aliphatic rings. The van der Waals surface area contributed by atoms with Crippen LogP contribution >= 0.6 is 0 Å². The molecule has 0 saturated carbocycles. The third-order valence-corrected chi connectivity index (χ3v) is 5.36. The van der Waals surface area contributed by atoms with E-state index in [2.05, 4.69) is 22.0 Å². The van der Waals surface area contributed by atoms with Crippen molar-refractivity contribution in [2.75, 3.05) is 20.3 Å². The highest BCUT2D eigenvalue weighted by molar-refractivity contribution is 5.73. The first-order valence-electron chi connectivity index (χ1n) is 10.1. The van der Waals surface area contributed by atoms with E-state index in [1.54, 1.807) is 13.3 Å². The highest BCUT2D eigenvalue weighted by Crippen LogP contribution is 2.33. The van der Waals surface area contributed by atoms with E-state index in [9.17, 15) is 13.2 Å². The summed E-state index contributed by atoms with van der Waals surface area (Å²) in [6, 6.07) is 14.4. The van der Waals surface area contributed by atoms with Crippen LogP contribution in [0.5, 0.6) is 11.6 Å². The molecule has 2 aromatic rings. The lowest BCUT2D eigenvalue weighted by molar-refractivity contribution is -0.192. The summed E-state index contributed by atoms with van der Waals surface area (Å²) in [4.78, 5) is 15.7. The molecule has 4 rings (SSSR count). The average molecular weight is 454 g/mol. The number of likely N-dealkylation sites (tertiary alicyclic amines) is 1. The highest BCUT2D eigenvalue weighted by atomic mass is 19.4. The number of carboxylic acids is 1. The monoisotopic (exact) mass is 454 g/mol. The van der Waals surface area contributed by atoms with Gasteiger partial charge in [-0.3, -0.25) is 4.90 Å². The number of pyridine rings is 1. The molecule has 0 bridgehead atoms. The molecular weight excluding hydrogens is 429 g/mol. The van der Waals surface area contributed by atoms with Crippen molar-refractivity contribution in [3.8, 4) is 11.6 Å². The molecule has 7 nitrogen and oxygen atoms in total. The molecule has 10 heteroatoms. The minimum atomic E-state index is -5.08. The number of aromatic nitrogens is 1. The Kier molecular flexibility index (Phi) is 7.92. The van der Waals surface area contributed by atoms with Crippen LogP contribution in [0, 0.1) is 0 Å². The van der Waals surface area contributed by atoms with Crippen LogP contribution in [0.25, 0.3) is 0 Å². The summed E-state index contributed by atoms with van der Waals surface area (Å²) < 4.78 is 49.4. The van der Waals surface area contributed by atoms with E-state index in [1.165, 1.54) is 5.56 Å². The van der Waals surface area contributed by atoms with Gasteiger partial charge in [-0.25, -0.2) is 9.78 Å². The first kappa shape index (κ1) is 23.8. The number of aliphatic carboxylic acids is 1. The van der Waals surface area contributed by atoms with Gasteiger partial charge in [0.15, 0.2) is 0 Å². The Morgan fingerprint density at radius 1 is 1.22 bits per heavy atom. The minimum absolute atomic E-state index is 0.0660. The van der Waals surface area contributed by atoms with E-state index in [1.807, 2.05) is 30.3 Å². The third kappa shape index (κ3) is 6.10. The molecule has 32 heavy (non-hydrogen) atoms. The van der Waals surface area contributed by atoms with E-state index in [-0.39, 0.29) is 12.2 Å². The number of halogens is 3. The van der Waals surface area contributed by atoms with E-state index in [0.29, 0.717) is 11.9 Å². The molecule has 2 fully saturated rings. The topological polar surface area (TPSA) is 81.1 Å². The summed E-state index contributed by atoms with van der Waals surface area (Å²) in [5.74, 6) is -1.13. The number of carboxylic acid groups (broad SMARTS) is 1. The molecule has 0 spiro atoms. The molecule has 0 amide bonds. The fourth-order valence-electron chi connectivity index (χ4n) is 3.92. The van der Waals surface area contributed by atoms with E-state index >= 15 is 0 Å². The maximum atomic E-state index is 10.6. The number of ether oxygens (including phenoxy) is 3. The molecule has 1 aromatic carbocycles. The van der Waals surface area contributed by atoms with Crippen molar-refractivity contribution in [3.63, 3.8) is 0 Å². The van der Waals surface area contributed by atoms with E-state index < -0.39 is 12.1 Å². The molecule has 0 unspecified atom stereocenters. The van der Waals surface area contributed by atoms with E-state index in [0.717, 1.165) is 38.3 Å². The number of nitrogens with zero attached hydrogens (tertiary/aromatic N) is 2. The lowest BCUT2D eigenvalue weighted by Crippen LogP contribution is -2.53. The Morgan fingerprint density at radius 2 is 1.94 bits per heavy atom. The highest BCUT2D eigenvalue weighted by Gasteiger charge is 2.43. The second-order valence-corrected chi connectivity index (χ2v) is 7.39. The lowest BCUT2D eigenvalue weighted by Gasteiger charge is -2.41. The fourth-order valence-corrected chi connectivity index (χ4v) is 3.92. The van der Waals surface area contributed by atoms with E-state index in [4.69, 9.17) is 24.1 Å². The largest absolute Gasteiger partial charge is 0.496 e. The van der Waals surface area contributed by atoms with Gasteiger partial charge in [0.25, 0.3) is 0 Å². The molecule has 174 valence electrons. The smallest absolute Gasteiger partial charge is 0.490 e. The Balaban J connectivity index is 0.000000360. The quantitative estimate of drug-likeness (QED) is 0.740. The van der Waals surface area contributed by atoms with Crippen LogP contribution < -0.4 is 9.47 Å². The van der Waals surface area contributed by atoms with Crippen LogP contribution in [0.3, 0.4) is 0 Å². The summed E-state index contributed by atoms with van der Waals surface area (Å²) in [6.07, 6.45) is -1.17. The normalized spacial score (nSPS) is 22.9. The number of carbonyl (C=O) groups is 1. The van der Waals surface area contributed by atoms with Crippen LogP contribution in [0.4, 0.5) is 13.2 Å². The zero-order chi connectivity index (χ0) is 23.1. The summed E-state index contributed by atoms with van der Waals surface area (Å²) in [7, 11) is 1.73. The van der Waals surface area contributed by atoms with Gasteiger partial charge < -0.3 is 19.3 Å². The Bertz CT molecular complexity index is 881. The van der Waals surface area contributed by atoms with Crippen LogP contribution in [0.15, 0.2) is 48.7 Å². The van der Waals surface area contributed by atoms with Crippen LogP contribution in [0.2, 0.25) is 0 Å². The van der Waals surface area contributed by atoms with Gasteiger partial charge in [0.1, 0.15) is 18.0 Å². The Labute approximate surface area is 183 Å². The predicted octanol–water partition coefficient (Wildman–Crippen LogP) is 3.53. The number of fused-ring (bicyclic) bond motifs is 1. The number of hydrogen-bond acceptors (Lipinski definition) is 6. The van der Waals surface area contributed by atoms with Gasteiger partial charge in [0, 0.05) is 43.6 Å². The van der Waals surface area contributed by atoms with Crippen molar-refractivity contribution in [3.05, 3.63) is 54.2 Å². The summed E-state index contributed by atoms with van der Waals surface area (Å²) in [6.45, 7) is 2.66. The van der Waals surface area contributed by atoms with Gasteiger partial charge in [-0.05, 0) is 25.0 Å². The van der Waals surface area contributed by atoms with Crippen molar-refractivity contribution in [1.82, 2.24) is 9.88 Å². The lowest BCUT2D eigenvalue weighted by atomic mass is 9.95. The van der Waals surface area contributed by atoms with Crippen molar-refractivity contribution < 1.29 is 37.3 Å². The zero-order valence-corrected chi connectivity index (χ0v) is 17.5. The molecule has 1 N–H and O–H groups in total. The third-order valence-electron chi connectivity index (χ3n) is 5.36. The summed E-state index contributed by atoms with van der Waals surface area (Å²) in [5.41, 5.74) is 1.22. The molecule has 0 radical (unpaired) electrons.